The molecule has 1 fully saturated rings. The van der Waals surface area contributed by atoms with Crippen molar-refractivity contribution in [3.63, 3.8) is 0 Å². The van der Waals surface area contributed by atoms with Crippen LogP contribution < -0.4 is 0 Å². The van der Waals surface area contributed by atoms with E-state index in [-0.39, 0.29) is 12.3 Å². The summed E-state index contributed by atoms with van der Waals surface area (Å²) in [6.45, 7) is 3.15. The van der Waals surface area contributed by atoms with Crippen molar-refractivity contribution in [3.8, 4) is 0 Å². The van der Waals surface area contributed by atoms with E-state index in [2.05, 4.69) is 4.90 Å². The number of non-ortho nitro benzene ring substituents is 1. The molecule has 0 aliphatic carbocycles. The van der Waals surface area contributed by atoms with Crippen molar-refractivity contribution < 1.29 is 15.1 Å². The monoisotopic (exact) mass is 357 g/mol. The summed E-state index contributed by atoms with van der Waals surface area (Å²) in [6.07, 6.45) is -0.990. The lowest BCUT2D eigenvalue weighted by atomic mass is 10.0. The number of nitro benzene ring substituents is 1. The maximum Gasteiger partial charge on any atom is 0.269 e. The number of hydrogen-bond donors (Lipinski definition) is 2. The molecule has 2 rings (SSSR count). The lowest BCUT2D eigenvalue weighted by Crippen LogP contribution is -2.52. The van der Waals surface area contributed by atoms with Crippen molar-refractivity contribution in [2.75, 3.05) is 25.7 Å². The number of nitrogens with zero attached hydrogens (tertiary/aromatic N) is 3. The fourth-order valence-corrected chi connectivity index (χ4v) is 3.63. The van der Waals surface area contributed by atoms with Crippen molar-refractivity contribution in [2.24, 2.45) is 0 Å². The number of benzene rings is 1. The summed E-state index contributed by atoms with van der Waals surface area (Å²) < 4.78 is 0.634. The topological polar surface area (TPSA) is 90.1 Å². The van der Waals surface area contributed by atoms with Gasteiger partial charge in [-0.15, -0.1) is 0 Å². The van der Waals surface area contributed by atoms with Gasteiger partial charge in [0, 0.05) is 12.1 Å². The van der Waals surface area contributed by atoms with Gasteiger partial charge in [-0.05, 0) is 24.2 Å². The molecule has 0 bridgehead atoms. The highest BCUT2D eigenvalue weighted by molar-refractivity contribution is 8.22. The van der Waals surface area contributed by atoms with Crippen LogP contribution in [0.1, 0.15) is 18.6 Å². The Kier molecular flexibility index (Phi) is 6.31. The number of nitro groups is 1. The van der Waals surface area contributed by atoms with Gasteiger partial charge in [-0.2, -0.15) is 0 Å². The summed E-state index contributed by atoms with van der Waals surface area (Å²) >= 11 is 6.84. The third kappa shape index (κ3) is 4.18. The number of thiocarbonyl (C=S) groups is 1. The molecule has 0 amide bonds. The molecule has 2 atom stereocenters. The second kappa shape index (κ2) is 8.02. The average molecular weight is 357 g/mol. The molecule has 1 aliphatic heterocycles. The van der Waals surface area contributed by atoms with Crippen LogP contribution in [0, 0.1) is 10.1 Å². The Morgan fingerprint density at radius 1 is 1.43 bits per heavy atom. The predicted octanol–water partition coefficient (Wildman–Crippen LogP) is 1.56. The van der Waals surface area contributed by atoms with Gasteiger partial charge in [0.05, 0.1) is 30.1 Å². The Morgan fingerprint density at radius 2 is 2.09 bits per heavy atom. The minimum atomic E-state index is -0.990. The standard InChI is InChI=1S/C14H19N3O4S2/c1-2-15-8-16(14(22)23-9-15)12(7-18)13(19)10-3-5-11(6-4-10)17(20)21/h3-6,12-13,18-19H,2,7-9H2,1H3/t12?,13-/m1/s1. The molecule has 9 heteroatoms. The minimum Gasteiger partial charge on any atom is -0.394 e. The van der Waals surface area contributed by atoms with Crippen LogP contribution in [0.4, 0.5) is 5.69 Å². The average Bonchev–Trinajstić information content (AvgIpc) is 2.57. The summed E-state index contributed by atoms with van der Waals surface area (Å²) in [4.78, 5) is 14.2. The Balaban J connectivity index is 2.18. The molecular weight excluding hydrogens is 338 g/mol. The Morgan fingerprint density at radius 3 is 2.61 bits per heavy atom. The smallest absolute Gasteiger partial charge is 0.269 e. The van der Waals surface area contributed by atoms with Crippen LogP contribution in [0.3, 0.4) is 0 Å². The molecule has 1 aromatic carbocycles. The SMILES string of the molecule is CCN1CSC(=S)N(C(CO)[C@H](O)c2ccc([N+](=O)[O-])cc2)C1. The van der Waals surface area contributed by atoms with Crippen LogP contribution >= 0.6 is 24.0 Å². The second-order valence-corrected chi connectivity index (χ2v) is 6.76. The van der Waals surface area contributed by atoms with Crippen LogP contribution in [0.2, 0.25) is 0 Å². The summed E-state index contributed by atoms with van der Waals surface area (Å²) in [7, 11) is 0. The van der Waals surface area contributed by atoms with E-state index >= 15 is 0 Å². The highest BCUT2D eigenvalue weighted by Crippen LogP contribution is 2.28. The van der Waals surface area contributed by atoms with E-state index in [1.54, 1.807) is 4.90 Å². The molecule has 1 unspecified atom stereocenters. The van der Waals surface area contributed by atoms with Gasteiger partial charge in [0.1, 0.15) is 10.4 Å². The highest BCUT2D eigenvalue weighted by atomic mass is 32.2. The van der Waals surface area contributed by atoms with Gasteiger partial charge in [-0.1, -0.05) is 30.9 Å². The van der Waals surface area contributed by atoms with E-state index in [9.17, 15) is 20.3 Å². The first-order chi connectivity index (χ1) is 11.0. The van der Waals surface area contributed by atoms with Crippen LogP contribution in [0.25, 0.3) is 0 Å². The van der Waals surface area contributed by atoms with Gasteiger partial charge in [-0.25, -0.2) is 0 Å². The van der Waals surface area contributed by atoms with Gasteiger partial charge in [-0.3, -0.25) is 15.0 Å². The third-order valence-corrected chi connectivity index (χ3v) is 5.37. The van der Waals surface area contributed by atoms with Gasteiger partial charge in [0.2, 0.25) is 0 Å². The molecule has 0 spiro atoms. The zero-order valence-electron chi connectivity index (χ0n) is 12.7. The first kappa shape index (κ1) is 18.1. The molecular formula is C14H19N3O4S2. The van der Waals surface area contributed by atoms with Gasteiger partial charge >= 0.3 is 0 Å². The molecule has 0 radical (unpaired) electrons. The van der Waals surface area contributed by atoms with Crippen molar-refractivity contribution in [3.05, 3.63) is 39.9 Å². The first-order valence-corrected chi connectivity index (χ1v) is 8.56. The molecule has 0 aromatic heterocycles. The van der Waals surface area contributed by atoms with E-state index in [0.29, 0.717) is 16.6 Å². The quantitative estimate of drug-likeness (QED) is 0.450. The van der Waals surface area contributed by atoms with Crippen molar-refractivity contribution >= 4 is 34.0 Å². The van der Waals surface area contributed by atoms with Crippen molar-refractivity contribution in [2.45, 2.75) is 19.1 Å². The molecule has 1 heterocycles. The summed E-state index contributed by atoms with van der Waals surface area (Å²) in [5, 5.41) is 31.0. The molecule has 2 N–H and O–H groups in total. The third-order valence-electron chi connectivity index (χ3n) is 3.80. The molecule has 23 heavy (non-hydrogen) atoms. The lowest BCUT2D eigenvalue weighted by molar-refractivity contribution is -0.384. The van der Waals surface area contributed by atoms with Crippen molar-refractivity contribution in [1.82, 2.24) is 9.80 Å². The molecule has 126 valence electrons. The highest BCUT2D eigenvalue weighted by Gasteiger charge is 2.32. The van der Waals surface area contributed by atoms with E-state index in [0.717, 1.165) is 12.4 Å². The Bertz CT molecular complexity index is 570. The van der Waals surface area contributed by atoms with Gasteiger partial charge < -0.3 is 15.1 Å². The number of aliphatic hydroxyl groups is 2. The Labute approximate surface area is 144 Å². The fraction of sp³-hybridized carbons (Fsp3) is 0.500. The maximum atomic E-state index is 10.7. The molecule has 7 nitrogen and oxygen atoms in total. The van der Waals surface area contributed by atoms with Crippen LogP contribution in [-0.2, 0) is 0 Å². The normalized spacial score (nSPS) is 18.7. The second-order valence-electron chi connectivity index (χ2n) is 5.18. The van der Waals surface area contributed by atoms with E-state index in [1.165, 1.54) is 36.0 Å². The van der Waals surface area contributed by atoms with Gasteiger partial charge in [0.15, 0.2) is 0 Å². The maximum absolute atomic E-state index is 10.7. The number of aliphatic hydroxyl groups excluding tert-OH is 2. The largest absolute Gasteiger partial charge is 0.394 e. The Hall–Kier alpha value is -1.26. The summed E-state index contributed by atoms with van der Waals surface area (Å²) in [5.74, 6) is 0.789. The van der Waals surface area contributed by atoms with E-state index in [1.807, 2.05) is 6.92 Å². The van der Waals surface area contributed by atoms with E-state index < -0.39 is 17.1 Å². The summed E-state index contributed by atoms with van der Waals surface area (Å²) in [5.41, 5.74) is 0.471. The molecule has 1 aromatic rings. The van der Waals surface area contributed by atoms with Crippen LogP contribution in [0.15, 0.2) is 24.3 Å². The van der Waals surface area contributed by atoms with E-state index in [4.69, 9.17) is 12.2 Å². The number of rotatable bonds is 6. The first-order valence-electron chi connectivity index (χ1n) is 7.17. The minimum absolute atomic E-state index is 0.0392. The zero-order valence-corrected chi connectivity index (χ0v) is 14.3. The molecule has 1 saturated heterocycles. The fourth-order valence-electron chi connectivity index (χ4n) is 2.36. The zero-order chi connectivity index (χ0) is 17.0. The number of thioether (sulfide) groups is 1. The van der Waals surface area contributed by atoms with Crippen LogP contribution in [-0.4, -0.2) is 61.0 Å². The predicted molar refractivity (Wildman–Crippen MR) is 93.1 cm³/mol. The van der Waals surface area contributed by atoms with Gasteiger partial charge in [0.25, 0.3) is 5.69 Å². The molecule has 0 saturated carbocycles. The van der Waals surface area contributed by atoms with Crippen LogP contribution in [0.5, 0.6) is 0 Å². The number of hydrogen-bond acceptors (Lipinski definition) is 7. The summed E-state index contributed by atoms with van der Waals surface area (Å²) in [6, 6.07) is 5.10. The van der Waals surface area contributed by atoms with Crippen molar-refractivity contribution in [1.29, 1.82) is 0 Å². The lowest BCUT2D eigenvalue weighted by Gasteiger charge is -2.42. The molecule has 1 aliphatic rings.